The lowest BCUT2D eigenvalue weighted by molar-refractivity contribution is -0.138. The minimum Gasteiger partial charge on any atom is -0.480 e. The Morgan fingerprint density at radius 3 is 2.18 bits per heavy atom. The van der Waals surface area contributed by atoms with E-state index in [-0.39, 0.29) is 13.1 Å². The first-order valence-corrected chi connectivity index (χ1v) is 6.86. The predicted molar refractivity (Wildman–Crippen MR) is 77.5 cm³/mol. The molecule has 10 heteroatoms. The fraction of sp³-hybridized carbons (Fsp3) is 0.667. The molecule has 0 aromatic heterocycles. The molecule has 126 valence electrons. The molecule has 10 nitrogen and oxygen atoms in total. The molecular weight excluding hydrogens is 294 g/mol. The topological polar surface area (TPSA) is 177 Å². The summed E-state index contributed by atoms with van der Waals surface area (Å²) in [6.07, 6.45) is 1.69. The largest absolute Gasteiger partial charge is 0.480 e. The van der Waals surface area contributed by atoms with Gasteiger partial charge in [0.1, 0.15) is 12.6 Å². The van der Waals surface area contributed by atoms with E-state index in [1.54, 1.807) is 0 Å². The van der Waals surface area contributed by atoms with E-state index in [4.69, 9.17) is 16.6 Å². The van der Waals surface area contributed by atoms with Gasteiger partial charge in [-0.3, -0.25) is 19.2 Å². The van der Waals surface area contributed by atoms with Crippen LogP contribution in [-0.4, -0.2) is 61.0 Å². The van der Waals surface area contributed by atoms with Crippen molar-refractivity contribution in [3.8, 4) is 0 Å². The Morgan fingerprint density at radius 1 is 0.955 bits per heavy atom. The molecule has 0 fully saturated rings. The number of hydrogen-bond acceptors (Lipinski definition) is 6. The molecular formula is C12H23N5O5. The zero-order valence-corrected chi connectivity index (χ0v) is 12.3. The second-order valence-corrected chi connectivity index (χ2v) is 4.50. The van der Waals surface area contributed by atoms with Gasteiger partial charge in [0.05, 0.1) is 13.1 Å². The number of nitrogens with two attached hydrogens (primary N) is 2. The highest BCUT2D eigenvalue weighted by Crippen LogP contribution is 2.00. The van der Waals surface area contributed by atoms with Gasteiger partial charge in [-0.2, -0.15) is 0 Å². The van der Waals surface area contributed by atoms with E-state index in [0.29, 0.717) is 25.8 Å². The highest BCUT2D eigenvalue weighted by Gasteiger charge is 2.20. The quantitative estimate of drug-likeness (QED) is 0.218. The third-order valence-corrected chi connectivity index (χ3v) is 2.64. The molecule has 0 aromatic carbocycles. The predicted octanol–water partition coefficient (Wildman–Crippen LogP) is -3.12. The summed E-state index contributed by atoms with van der Waals surface area (Å²) in [5, 5.41) is 15.3. The molecule has 0 saturated heterocycles. The van der Waals surface area contributed by atoms with E-state index in [1.807, 2.05) is 0 Å². The molecule has 1 unspecified atom stereocenters. The van der Waals surface area contributed by atoms with Crippen LogP contribution in [0.15, 0.2) is 0 Å². The Kier molecular flexibility index (Phi) is 10.3. The summed E-state index contributed by atoms with van der Waals surface area (Å²) in [6.45, 7) is -0.687. The van der Waals surface area contributed by atoms with E-state index in [2.05, 4.69) is 16.0 Å². The number of nitrogens with one attached hydrogen (secondary N) is 3. The Bertz CT molecular complexity index is 401. The van der Waals surface area contributed by atoms with Gasteiger partial charge < -0.3 is 32.5 Å². The fourth-order valence-corrected chi connectivity index (χ4v) is 1.54. The van der Waals surface area contributed by atoms with Gasteiger partial charge in [-0.05, 0) is 25.8 Å². The number of rotatable bonds is 11. The van der Waals surface area contributed by atoms with Gasteiger partial charge in [-0.15, -0.1) is 0 Å². The molecule has 1 atom stereocenters. The Morgan fingerprint density at radius 2 is 1.64 bits per heavy atom. The normalized spacial score (nSPS) is 11.4. The van der Waals surface area contributed by atoms with Crippen molar-refractivity contribution in [2.75, 3.05) is 26.2 Å². The van der Waals surface area contributed by atoms with Crippen LogP contribution >= 0.6 is 0 Å². The van der Waals surface area contributed by atoms with E-state index in [1.165, 1.54) is 0 Å². The molecule has 22 heavy (non-hydrogen) atoms. The molecule has 0 radical (unpaired) electrons. The Hall–Kier alpha value is -2.20. The minimum absolute atomic E-state index is 0.250. The average molecular weight is 317 g/mol. The molecule has 0 spiro atoms. The zero-order chi connectivity index (χ0) is 17.0. The number of carboxylic acids is 1. The van der Waals surface area contributed by atoms with Crippen molar-refractivity contribution < 1.29 is 24.3 Å². The van der Waals surface area contributed by atoms with Crippen molar-refractivity contribution in [1.29, 1.82) is 0 Å². The summed E-state index contributed by atoms with van der Waals surface area (Å²) in [4.78, 5) is 44.8. The van der Waals surface area contributed by atoms with Crippen LogP contribution < -0.4 is 27.4 Å². The third kappa shape index (κ3) is 9.66. The summed E-state index contributed by atoms with van der Waals surface area (Å²) < 4.78 is 0. The van der Waals surface area contributed by atoms with Crippen molar-refractivity contribution in [1.82, 2.24) is 16.0 Å². The minimum atomic E-state index is -1.19. The van der Waals surface area contributed by atoms with Crippen LogP contribution in [0.3, 0.4) is 0 Å². The van der Waals surface area contributed by atoms with Crippen molar-refractivity contribution in [3.05, 3.63) is 0 Å². The number of carbonyl (C=O) groups is 4. The average Bonchev–Trinajstić information content (AvgIpc) is 2.49. The number of unbranched alkanes of at least 4 members (excludes halogenated alkanes) is 1. The van der Waals surface area contributed by atoms with Crippen LogP contribution in [0.5, 0.6) is 0 Å². The molecule has 0 bridgehead atoms. The van der Waals surface area contributed by atoms with Gasteiger partial charge in [0.2, 0.25) is 17.7 Å². The first-order chi connectivity index (χ1) is 10.4. The monoisotopic (exact) mass is 317 g/mol. The molecule has 3 amide bonds. The van der Waals surface area contributed by atoms with Crippen LogP contribution in [0.2, 0.25) is 0 Å². The van der Waals surface area contributed by atoms with Crippen LogP contribution in [0.25, 0.3) is 0 Å². The summed E-state index contributed by atoms with van der Waals surface area (Å²) in [5.41, 5.74) is 10.5. The maximum Gasteiger partial charge on any atom is 0.322 e. The maximum absolute atomic E-state index is 11.9. The Balaban J connectivity index is 4.32. The van der Waals surface area contributed by atoms with Crippen LogP contribution in [0.1, 0.15) is 19.3 Å². The van der Waals surface area contributed by atoms with Crippen molar-refractivity contribution >= 4 is 23.7 Å². The van der Waals surface area contributed by atoms with Crippen molar-refractivity contribution in [3.63, 3.8) is 0 Å². The van der Waals surface area contributed by atoms with E-state index < -0.39 is 36.3 Å². The summed E-state index contributed by atoms with van der Waals surface area (Å²) in [7, 11) is 0. The zero-order valence-electron chi connectivity index (χ0n) is 12.3. The van der Waals surface area contributed by atoms with Crippen molar-refractivity contribution in [2.24, 2.45) is 11.5 Å². The van der Waals surface area contributed by atoms with Gasteiger partial charge in [-0.1, -0.05) is 0 Å². The standard InChI is InChI=1S/C12H23N5O5/c13-4-2-1-3-8(17-9(18)5-14)12(22)16-6-10(19)15-7-11(20)21/h8H,1-7,13-14H2,(H,15,19)(H,16,22)(H,17,18)(H,20,21). The molecule has 0 aromatic rings. The van der Waals surface area contributed by atoms with E-state index >= 15 is 0 Å². The number of hydrogen-bond donors (Lipinski definition) is 6. The molecule has 0 aliphatic carbocycles. The van der Waals surface area contributed by atoms with Crippen LogP contribution in [0, 0.1) is 0 Å². The molecule has 0 aliphatic rings. The summed E-state index contributed by atoms with van der Waals surface area (Å²) in [6, 6.07) is -0.810. The SMILES string of the molecule is NCCCCC(NC(=O)CN)C(=O)NCC(=O)NCC(=O)O. The van der Waals surface area contributed by atoms with E-state index in [0.717, 1.165) is 0 Å². The lowest BCUT2D eigenvalue weighted by Crippen LogP contribution is -2.50. The summed E-state index contributed by atoms with van der Waals surface area (Å²) in [5.74, 6) is -2.84. The molecule has 0 saturated carbocycles. The van der Waals surface area contributed by atoms with Crippen LogP contribution in [0.4, 0.5) is 0 Å². The number of aliphatic carboxylic acids is 1. The van der Waals surface area contributed by atoms with Gasteiger partial charge in [0.15, 0.2) is 0 Å². The first kappa shape index (κ1) is 19.8. The Labute approximate surface area is 128 Å². The lowest BCUT2D eigenvalue weighted by atomic mass is 10.1. The second-order valence-electron chi connectivity index (χ2n) is 4.50. The number of carboxylic acid groups (broad SMARTS) is 1. The third-order valence-electron chi connectivity index (χ3n) is 2.64. The van der Waals surface area contributed by atoms with Gasteiger partial charge in [0, 0.05) is 0 Å². The van der Waals surface area contributed by atoms with Gasteiger partial charge in [-0.25, -0.2) is 0 Å². The summed E-state index contributed by atoms with van der Waals surface area (Å²) >= 11 is 0. The maximum atomic E-state index is 11.9. The van der Waals surface area contributed by atoms with Crippen LogP contribution in [-0.2, 0) is 19.2 Å². The van der Waals surface area contributed by atoms with Gasteiger partial charge >= 0.3 is 5.97 Å². The second kappa shape index (κ2) is 11.5. The van der Waals surface area contributed by atoms with Crippen molar-refractivity contribution in [2.45, 2.75) is 25.3 Å². The van der Waals surface area contributed by atoms with Gasteiger partial charge in [0.25, 0.3) is 0 Å². The first-order valence-electron chi connectivity index (χ1n) is 6.86. The molecule has 8 N–H and O–H groups in total. The molecule has 0 aliphatic heterocycles. The highest BCUT2D eigenvalue weighted by atomic mass is 16.4. The van der Waals surface area contributed by atoms with E-state index in [9.17, 15) is 19.2 Å². The smallest absolute Gasteiger partial charge is 0.322 e. The fourth-order valence-electron chi connectivity index (χ4n) is 1.54. The number of carbonyl (C=O) groups excluding carboxylic acids is 3. The molecule has 0 rings (SSSR count). The number of amides is 3. The lowest BCUT2D eigenvalue weighted by Gasteiger charge is -2.17. The highest BCUT2D eigenvalue weighted by molar-refractivity contribution is 5.91. The molecule has 0 heterocycles.